The van der Waals surface area contributed by atoms with Gasteiger partial charge >= 0.3 is 5.97 Å². The van der Waals surface area contributed by atoms with Crippen molar-refractivity contribution in [2.45, 2.75) is 58.3 Å². The topological polar surface area (TPSA) is 52.6 Å². The molecule has 0 heterocycles. The van der Waals surface area contributed by atoms with Gasteiger partial charge < -0.3 is 9.47 Å². The number of rotatable bonds is 10. The molecule has 2 aliphatic carbocycles. The van der Waals surface area contributed by atoms with Gasteiger partial charge in [-0.3, -0.25) is 9.59 Å². The molecule has 0 saturated heterocycles. The minimum Gasteiger partial charge on any atom is -0.493 e. The number of carbonyl (C=O) groups is 2. The molecular formula is C21H28O4. The fraction of sp³-hybridized carbons (Fsp3) is 0.524. The summed E-state index contributed by atoms with van der Waals surface area (Å²) in [6.07, 6.45) is 12.1. The molecule has 0 atom stereocenters. The molecule has 0 aromatic carbocycles. The molecular weight excluding hydrogens is 316 g/mol. The van der Waals surface area contributed by atoms with Crippen LogP contribution in [-0.2, 0) is 19.1 Å². The van der Waals surface area contributed by atoms with Gasteiger partial charge in [-0.05, 0) is 57.9 Å². The number of esters is 1. The van der Waals surface area contributed by atoms with Gasteiger partial charge in [-0.2, -0.15) is 0 Å². The first kappa shape index (κ1) is 19.2. The molecule has 136 valence electrons. The van der Waals surface area contributed by atoms with Crippen LogP contribution in [0.15, 0.2) is 47.3 Å². The summed E-state index contributed by atoms with van der Waals surface area (Å²) in [6, 6.07) is 0. The molecule has 0 spiro atoms. The van der Waals surface area contributed by atoms with Gasteiger partial charge in [0.1, 0.15) is 5.76 Å². The number of fused-ring (bicyclic) bond motifs is 1. The van der Waals surface area contributed by atoms with Gasteiger partial charge in [0.25, 0.3) is 0 Å². The third-order valence-corrected chi connectivity index (χ3v) is 4.38. The summed E-state index contributed by atoms with van der Waals surface area (Å²) in [7, 11) is 0. The van der Waals surface area contributed by atoms with Crippen LogP contribution in [0.4, 0.5) is 0 Å². The maximum absolute atomic E-state index is 12.3. The average molecular weight is 344 g/mol. The van der Waals surface area contributed by atoms with Crippen molar-refractivity contribution in [2.24, 2.45) is 0 Å². The summed E-state index contributed by atoms with van der Waals surface area (Å²) < 4.78 is 11.0. The smallest absolute Gasteiger partial charge is 0.305 e. The van der Waals surface area contributed by atoms with E-state index < -0.39 is 0 Å². The van der Waals surface area contributed by atoms with Crippen molar-refractivity contribution < 1.29 is 19.1 Å². The minimum atomic E-state index is -0.132. The molecule has 0 amide bonds. The van der Waals surface area contributed by atoms with Crippen molar-refractivity contribution in [1.82, 2.24) is 0 Å². The lowest BCUT2D eigenvalue weighted by atomic mass is 9.83. The van der Waals surface area contributed by atoms with Crippen LogP contribution in [0.3, 0.4) is 0 Å². The number of carbonyl (C=O) groups excluding carboxylic acids is 2. The highest BCUT2D eigenvalue weighted by Crippen LogP contribution is 2.36. The molecule has 0 aliphatic heterocycles. The molecule has 0 unspecified atom stereocenters. The third kappa shape index (κ3) is 5.45. The molecule has 2 aliphatic rings. The standard InChI is InChI=1S/C21H28O4/c1-3-10-16-15-19(22)17-11-7-8-12-18(17)21(16)25-14-9-5-6-13-20(23)24-4-2/h3,11,15H,1,4-10,12-14H2,2H3. The van der Waals surface area contributed by atoms with Gasteiger partial charge in [-0.1, -0.05) is 12.2 Å². The van der Waals surface area contributed by atoms with E-state index in [2.05, 4.69) is 6.58 Å². The number of allylic oxidation sites excluding steroid dienone is 6. The largest absolute Gasteiger partial charge is 0.493 e. The van der Waals surface area contributed by atoms with Crippen LogP contribution < -0.4 is 0 Å². The van der Waals surface area contributed by atoms with E-state index >= 15 is 0 Å². The molecule has 4 nitrogen and oxygen atoms in total. The summed E-state index contributed by atoms with van der Waals surface area (Å²) in [5.41, 5.74) is 2.80. The zero-order chi connectivity index (χ0) is 18.1. The Morgan fingerprint density at radius 3 is 2.92 bits per heavy atom. The van der Waals surface area contributed by atoms with Crippen molar-refractivity contribution in [3.05, 3.63) is 47.3 Å². The average Bonchev–Trinajstić information content (AvgIpc) is 2.60. The van der Waals surface area contributed by atoms with Crippen LogP contribution in [0, 0.1) is 0 Å². The van der Waals surface area contributed by atoms with Crippen LogP contribution in [0.1, 0.15) is 58.3 Å². The molecule has 0 saturated carbocycles. The molecule has 0 radical (unpaired) electrons. The summed E-state index contributed by atoms with van der Waals surface area (Å²) in [6.45, 7) is 6.63. The predicted molar refractivity (Wildman–Crippen MR) is 97.9 cm³/mol. The SMILES string of the molecule is C=CCC1=CC(=O)C2=CCCCC2=C1OCCCCCC(=O)OCC. The summed E-state index contributed by atoms with van der Waals surface area (Å²) in [4.78, 5) is 23.6. The van der Waals surface area contributed by atoms with E-state index in [1.54, 1.807) is 12.2 Å². The summed E-state index contributed by atoms with van der Waals surface area (Å²) in [5.74, 6) is 0.830. The highest BCUT2D eigenvalue weighted by atomic mass is 16.5. The van der Waals surface area contributed by atoms with Crippen molar-refractivity contribution in [3.63, 3.8) is 0 Å². The van der Waals surface area contributed by atoms with E-state index in [0.29, 0.717) is 26.1 Å². The summed E-state index contributed by atoms with van der Waals surface area (Å²) >= 11 is 0. The van der Waals surface area contributed by atoms with Crippen molar-refractivity contribution >= 4 is 11.8 Å². The van der Waals surface area contributed by atoms with Crippen LogP contribution in [-0.4, -0.2) is 25.0 Å². The number of ether oxygens (including phenoxy) is 2. The Morgan fingerprint density at radius 1 is 1.32 bits per heavy atom. The Bertz CT molecular complexity index is 607. The quantitative estimate of drug-likeness (QED) is 0.331. The molecule has 25 heavy (non-hydrogen) atoms. The second kappa shape index (κ2) is 10.0. The zero-order valence-electron chi connectivity index (χ0n) is 15.1. The van der Waals surface area contributed by atoms with Gasteiger partial charge in [0.05, 0.1) is 13.2 Å². The second-order valence-corrected chi connectivity index (χ2v) is 6.31. The number of hydrogen-bond donors (Lipinski definition) is 0. The van der Waals surface area contributed by atoms with Gasteiger partial charge in [-0.25, -0.2) is 0 Å². The normalized spacial score (nSPS) is 16.8. The minimum absolute atomic E-state index is 0.0911. The molecule has 4 heteroatoms. The van der Waals surface area contributed by atoms with Gasteiger partial charge in [0.15, 0.2) is 5.78 Å². The third-order valence-electron chi connectivity index (χ3n) is 4.38. The summed E-state index contributed by atoms with van der Waals surface area (Å²) in [5, 5.41) is 0. The van der Waals surface area contributed by atoms with Crippen molar-refractivity contribution in [3.8, 4) is 0 Å². The van der Waals surface area contributed by atoms with E-state index in [1.165, 1.54) is 0 Å². The first-order valence-corrected chi connectivity index (χ1v) is 9.25. The predicted octanol–water partition coefficient (Wildman–Crippen LogP) is 4.58. The fourth-order valence-electron chi connectivity index (χ4n) is 3.21. The first-order chi connectivity index (χ1) is 12.2. The van der Waals surface area contributed by atoms with Crippen LogP contribution in [0.25, 0.3) is 0 Å². The molecule has 0 aromatic heterocycles. The van der Waals surface area contributed by atoms with E-state index in [1.807, 2.05) is 13.0 Å². The highest BCUT2D eigenvalue weighted by Gasteiger charge is 2.27. The van der Waals surface area contributed by atoms with E-state index in [9.17, 15) is 9.59 Å². The van der Waals surface area contributed by atoms with Crippen molar-refractivity contribution in [1.29, 1.82) is 0 Å². The van der Waals surface area contributed by atoms with E-state index in [-0.39, 0.29) is 11.8 Å². The fourth-order valence-corrected chi connectivity index (χ4v) is 3.21. The van der Waals surface area contributed by atoms with Gasteiger partial charge in [0, 0.05) is 23.1 Å². The Morgan fingerprint density at radius 2 is 2.16 bits per heavy atom. The Kier molecular flexibility index (Phi) is 7.71. The lowest BCUT2D eigenvalue weighted by Crippen LogP contribution is -2.17. The Balaban J connectivity index is 1.89. The zero-order valence-corrected chi connectivity index (χ0v) is 15.1. The first-order valence-electron chi connectivity index (χ1n) is 9.25. The maximum atomic E-state index is 12.3. The molecule has 0 aromatic rings. The van der Waals surface area contributed by atoms with Crippen molar-refractivity contribution in [2.75, 3.05) is 13.2 Å². The number of hydrogen-bond acceptors (Lipinski definition) is 4. The number of ketones is 1. The van der Waals surface area contributed by atoms with E-state index in [0.717, 1.165) is 61.0 Å². The second-order valence-electron chi connectivity index (χ2n) is 6.31. The highest BCUT2D eigenvalue weighted by molar-refractivity contribution is 6.09. The van der Waals surface area contributed by atoms with Gasteiger partial charge in [-0.15, -0.1) is 6.58 Å². The van der Waals surface area contributed by atoms with Gasteiger partial charge in [0.2, 0.25) is 0 Å². The number of unbranched alkanes of at least 4 members (excludes halogenated alkanes) is 2. The molecule has 0 fully saturated rings. The molecule has 0 bridgehead atoms. The lowest BCUT2D eigenvalue weighted by molar-refractivity contribution is -0.143. The van der Waals surface area contributed by atoms with Crippen LogP contribution in [0.5, 0.6) is 0 Å². The Hall–Kier alpha value is -2.10. The van der Waals surface area contributed by atoms with Crippen LogP contribution in [0.2, 0.25) is 0 Å². The van der Waals surface area contributed by atoms with E-state index in [4.69, 9.17) is 9.47 Å². The maximum Gasteiger partial charge on any atom is 0.305 e. The molecule has 0 N–H and O–H groups in total. The monoisotopic (exact) mass is 344 g/mol. The Labute approximate surface area is 150 Å². The molecule has 2 rings (SSSR count). The van der Waals surface area contributed by atoms with Crippen LogP contribution >= 0.6 is 0 Å². The lowest BCUT2D eigenvalue weighted by Gasteiger charge is -2.25.